The van der Waals surface area contributed by atoms with Crippen molar-refractivity contribution in [3.05, 3.63) is 46.8 Å². The molecule has 0 aliphatic carbocycles. The second kappa shape index (κ2) is 10.4. The van der Waals surface area contributed by atoms with Crippen LogP contribution in [0.4, 0.5) is 11.5 Å². The van der Waals surface area contributed by atoms with Crippen LogP contribution in [0.15, 0.2) is 36.8 Å². The summed E-state index contributed by atoms with van der Waals surface area (Å²) in [6, 6.07) is 6.66. The molecule has 1 unspecified atom stereocenters. The molecule has 10 heteroatoms. The Morgan fingerprint density at radius 1 is 1.31 bits per heavy atom. The average molecular weight is 477 g/mol. The van der Waals surface area contributed by atoms with Gasteiger partial charge in [0.1, 0.15) is 23.8 Å². The maximum Gasteiger partial charge on any atom is 0.245 e. The Bertz CT molecular complexity index is 1060. The van der Waals surface area contributed by atoms with Crippen LogP contribution in [-0.2, 0) is 9.53 Å². The van der Waals surface area contributed by atoms with Crippen molar-refractivity contribution in [1.82, 2.24) is 19.9 Å². The second-order valence-electron chi connectivity index (χ2n) is 7.81. The van der Waals surface area contributed by atoms with E-state index in [4.69, 9.17) is 27.9 Å². The molecule has 1 aliphatic heterocycles. The van der Waals surface area contributed by atoms with Gasteiger partial charge in [-0.1, -0.05) is 36.5 Å². The number of rotatable bonds is 7. The Labute approximate surface area is 196 Å². The lowest BCUT2D eigenvalue weighted by molar-refractivity contribution is -0.132. The summed E-state index contributed by atoms with van der Waals surface area (Å²) >= 11 is 12.3. The van der Waals surface area contributed by atoms with Gasteiger partial charge in [0.2, 0.25) is 5.91 Å². The lowest BCUT2D eigenvalue weighted by Crippen LogP contribution is -2.47. The van der Waals surface area contributed by atoms with Crippen LogP contribution in [0.25, 0.3) is 11.0 Å². The standard InChI is InChI=1S/C22H26Cl2N6O2/c1-2-3-19(28-16-9-14(23)8-15(24)10-16)22(31)30-6-7-32-12-17(11-30)29-21-18-4-5-25-20(18)26-13-27-21/h4-5,8-10,13,17,19,28H,2-3,6-7,11-12H2,1H3,(H2,25,26,27,29)/t17?,19-/m1/s1. The number of fused-ring (bicyclic) bond motifs is 1. The van der Waals surface area contributed by atoms with Crippen LogP contribution in [-0.4, -0.2) is 64.1 Å². The number of aromatic nitrogens is 3. The van der Waals surface area contributed by atoms with Crippen molar-refractivity contribution < 1.29 is 9.53 Å². The Morgan fingerprint density at radius 2 is 2.12 bits per heavy atom. The molecule has 0 spiro atoms. The lowest BCUT2D eigenvalue weighted by Gasteiger charge is -2.29. The Kier molecular flexibility index (Phi) is 7.34. The third-order valence-corrected chi connectivity index (χ3v) is 5.79. The van der Waals surface area contributed by atoms with Crippen molar-refractivity contribution in [2.45, 2.75) is 31.8 Å². The number of hydrogen-bond donors (Lipinski definition) is 3. The molecule has 3 heterocycles. The van der Waals surface area contributed by atoms with Crippen LogP contribution in [0, 0.1) is 0 Å². The van der Waals surface area contributed by atoms with E-state index in [1.807, 2.05) is 17.2 Å². The van der Waals surface area contributed by atoms with E-state index in [2.05, 4.69) is 32.5 Å². The molecule has 1 aromatic carbocycles. The molecule has 1 amide bonds. The topological polar surface area (TPSA) is 95.2 Å². The lowest BCUT2D eigenvalue weighted by atomic mass is 10.1. The van der Waals surface area contributed by atoms with Gasteiger partial charge in [0.05, 0.1) is 24.6 Å². The van der Waals surface area contributed by atoms with Crippen LogP contribution >= 0.6 is 23.2 Å². The highest BCUT2D eigenvalue weighted by Crippen LogP contribution is 2.24. The minimum atomic E-state index is -0.385. The molecule has 1 saturated heterocycles. The second-order valence-corrected chi connectivity index (χ2v) is 8.68. The largest absolute Gasteiger partial charge is 0.377 e. The predicted octanol–water partition coefficient (Wildman–Crippen LogP) is 4.18. The van der Waals surface area contributed by atoms with Crippen LogP contribution in [0.3, 0.4) is 0 Å². The molecule has 0 saturated carbocycles. The maximum absolute atomic E-state index is 13.5. The van der Waals surface area contributed by atoms with Crippen molar-refractivity contribution in [3.8, 4) is 0 Å². The van der Waals surface area contributed by atoms with Gasteiger partial charge >= 0.3 is 0 Å². The number of H-pyrrole nitrogens is 1. The smallest absolute Gasteiger partial charge is 0.245 e. The highest BCUT2D eigenvalue weighted by atomic mass is 35.5. The van der Waals surface area contributed by atoms with Gasteiger partial charge in [0, 0.05) is 35.0 Å². The van der Waals surface area contributed by atoms with Crippen LogP contribution in [0.5, 0.6) is 0 Å². The Balaban J connectivity index is 1.48. The maximum atomic E-state index is 13.5. The van der Waals surface area contributed by atoms with E-state index in [1.54, 1.807) is 18.2 Å². The van der Waals surface area contributed by atoms with E-state index < -0.39 is 0 Å². The molecule has 32 heavy (non-hydrogen) atoms. The summed E-state index contributed by atoms with van der Waals surface area (Å²) in [6.45, 7) is 4.05. The van der Waals surface area contributed by atoms with Gasteiger partial charge in [0.25, 0.3) is 0 Å². The zero-order valence-corrected chi connectivity index (χ0v) is 19.3. The summed E-state index contributed by atoms with van der Waals surface area (Å²) in [5, 5.41) is 8.69. The summed E-state index contributed by atoms with van der Waals surface area (Å²) < 4.78 is 5.78. The number of ether oxygens (including phenoxy) is 1. The van der Waals surface area contributed by atoms with Gasteiger partial charge in [-0.2, -0.15) is 0 Å². The number of nitrogens with one attached hydrogen (secondary N) is 3. The van der Waals surface area contributed by atoms with Crippen molar-refractivity contribution >= 4 is 51.6 Å². The molecular weight excluding hydrogens is 451 g/mol. The molecule has 2 aromatic heterocycles. The molecule has 1 fully saturated rings. The fourth-order valence-electron chi connectivity index (χ4n) is 3.88. The number of halogens is 2. The molecule has 170 valence electrons. The number of amides is 1. The van der Waals surface area contributed by atoms with E-state index in [-0.39, 0.29) is 18.0 Å². The predicted molar refractivity (Wildman–Crippen MR) is 127 cm³/mol. The monoisotopic (exact) mass is 476 g/mol. The SMILES string of the molecule is CCC[C@@H](Nc1cc(Cl)cc(Cl)c1)C(=O)N1CCOCC(Nc2ncnc3[nH]ccc23)C1. The third-order valence-electron chi connectivity index (χ3n) is 5.35. The minimum Gasteiger partial charge on any atom is -0.377 e. The molecule has 1 aliphatic rings. The van der Waals surface area contributed by atoms with E-state index in [0.717, 1.165) is 29.0 Å². The molecule has 8 nitrogen and oxygen atoms in total. The van der Waals surface area contributed by atoms with Crippen LogP contribution in [0.2, 0.25) is 10.0 Å². The van der Waals surface area contributed by atoms with E-state index in [1.165, 1.54) is 6.33 Å². The average Bonchev–Trinajstić information content (AvgIpc) is 3.12. The van der Waals surface area contributed by atoms with Crippen molar-refractivity contribution in [3.63, 3.8) is 0 Å². The number of nitrogens with zero attached hydrogens (tertiary/aromatic N) is 3. The van der Waals surface area contributed by atoms with E-state index in [0.29, 0.717) is 42.8 Å². The number of aromatic amines is 1. The van der Waals surface area contributed by atoms with Gasteiger partial charge in [-0.25, -0.2) is 9.97 Å². The normalized spacial score (nSPS) is 17.7. The summed E-state index contributed by atoms with van der Waals surface area (Å²) in [4.78, 5) is 27.0. The fraction of sp³-hybridized carbons (Fsp3) is 0.409. The number of anilines is 2. The first-order valence-electron chi connectivity index (χ1n) is 10.7. The molecule has 0 radical (unpaired) electrons. The number of carbonyl (C=O) groups is 1. The van der Waals surface area contributed by atoms with Crippen LogP contribution < -0.4 is 10.6 Å². The van der Waals surface area contributed by atoms with Crippen molar-refractivity contribution in [2.75, 3.05) is 36.9 Å². The van der Waals surface area contributed by atoms with E-state index in [9.17, 15) is 4.79 Å². The first kappa shape index (κ1) is 22.6. The highest BCUT2D eigenvalue weighted by molar-refractivity contribution is 6.35. The van der Waals surface area contributed by atoms with Gasteiger partial charge in [-0.15, -0.1) is 0 Å². The molecule has 3 N–H and O–H groups in total. The summed E-state index contributed by atoms with van der Waals surface area (Å²) in [5.41, 5.74) is 1.49. The summed E-state index contributed by atoms with van der Waals surface area (Å²) in [7, 11) is 0. The number of carbonyl (C=O) groups excluding carboxylic acids is 1. The summed E-state index contributed by atoms with van der Waals surface area (Å²) in [5.74, 6) is 0.741. The molecule has 3 aromatic rings. The van der Waals surface area contributed by atoms with E-state index >= 15 is 0 Å². The highest BCUT2D eigenvalue weighted by Gasteiger charge is 2.28. The van der Waals surface area contributed by atoms with Gasteiger partial charge in [-0.05, 0) is 30.7 Å². The molecule has 4 rings (SSSR count). The van der Waals surface area contributed by atoms with Crippen molar-refractivity contribution in [1.29, 1.82) is 0 Å². The third kappa shape index (κ3) is 5.43. The van der Waals surface area contributed by atoms with Crippen LogP contribution in [0.1, 0.15) is 19.8 Å². The quantitative estimate of drug-likeness (QED) is 0.473. The zero-order chi connectivity index (χ0) is 22.5. The van der Waals surface area contributed by atoms with Crippen molar-refractivity contribution in [2.24, 2.45) is 0 Å². The van der Waals surface area contributed by atoms with Gasteiger partial charge < -0.3 is 25.3 Å². The Hall–Kier alpha value is -2.55. The molecule has 0 bridgehead atoms. The fourth-order valence-corrected chi connectivity index (χ4v) is 4.41. The first-order valence-corrected chi connectivity index (χ1v) is 11.4. The first-order chi connectivity index (χ1) is 15.5. The molecule has 2 atom stereocenters. The zero-order valence-electron chi connectivity index (χ0n) is 17.8. The minimum absolute atomic E-state index is 0.0229. The molecular formula is C22H26Cl2N6O2. The summed E-state index contributed by atoms with van der Waals surface area (Å²) in [6.07, 6.45) is 4.89. The number of benzene rings is 1. The Morgan fingerprint density at radius 3 is 2.91 bits per heavy atom. The van der Waals surface area contributed by atoms with Gasteiger partial charge in [-0.3, -0.25) is 4.79 Å². The number of hydrogen-bond acceptors (Lipinski definition) is 6. The van der Waals surface area contributed by atoms with Gasteiger partial charge in [0.15, 0.2) is 0 Å².